The molecule has 0 aromatic heterocycles. The number of hydrogen-bond acceptors (Lipinski definition) is 1. The Bertz CT molecular complexity index is 3320. The topological polar surface area (TPSA) is 3.24 Å². The molecule has 0 bridgehead atoms. The van der Waals surface area contributed by atoms with E-state index in [4.69, 9.17) is 0 Å². The van der Waals surface area contributed by atoms with Crippen molar-refractivity contribution in [2.45, 2.75) is 24.7 Å². The molecule has 0 atom stereocenters. The van der Waals surface area contributed by atoms with Gasteiger partial charge >= 0.3 is 0 Å². The van der Waals surface area contributed by atoms with Gasteiger partial charge in [0.05, 0.1) is 5.41 Å². The van der Waals surface area contributed by atoms with Crippen LogP contribution in [0.1, 0.15) is 47.2 Å². The van der Waals surface area contributed by atoms with Crippen molar-refractivity contribution < 1.29 is 0 Å². The average molecular weight is 830 g/mol. The van der Waals surface area contributed by atoms with Crippen LogP contribution in [-0.4, -0.2) is 0 Å². The molecule has 1 heteroatoms. The maximum Gasteiger partial charge on any atom is 0.0713 e. The highest BCUT2D eigenvalue weighted by atomic mass is 15.1. The van der Waals surface area contributed by atoms with E-state index in [9.17, 15) is 0 Å². The largest absolute Gasteiger partial charge is 0.310 e. The third-order valence-electron chi connectivity index (χ3n) is 14.2. The fourth-order valence-electron chi connectivity index (χ4n) is 11.0. The highest BCUT2D eigenvalue weighted by Crippen LogP contribution is 2.57. The molecule has 65 heavy (non-hydrogen) atoms. The number of anilines is 3. The van der Waals surface area contributed by atoms with Gasteiger partial charge in [-0.1, -0.05) is 214 Å². The molecule has 0 aliphatic heterocycles. The molecule has 10 aromatic rings. The van der Waals surface area contributed by atoms with E-state index in [2.05, 4.69) is 267 Å². The molecule has 1 nitrogen and oxygen atoms in total. The Kier molecular flexibility index (Phi) is 9.14. The molecule has 0 unspecified atom stereocenters. The van der Waals surface area contributed by atoms with Gasteiger partial charge in [0.15, 0.2) is 0 Å². The lowest BCUT2D eigenvalue weighted by molar-refractivity contribution is 0.660. The van der Waals surface area contributed by atoms with Crippen LogP contribution in [0.3, 0.4) is 0 Å². The third-order valence-corrected chi connectivity index (χ3v) is 14.2. The molecule has 0 fully saturated rings. The SMILES string of the molecule is CC1(C)c2ccccc2-c2ccc(-c3ccc(N(c4ccc(-c5ccc6c(c5)C(c5ccccc5)(c5ccccc5)c5ccccc5-6)cc4)c4cccc(-c5ccccc5)c4)cc3)cc21. The maximum absolute atomic E-state index is 2.45. The van der Waals surface area contributed by atoms with Crippen molar-refractivity contribution >= 4 is 17.1 Å². The van der Waals surface area contributed by atoms with Gasteiger partial charge in [0.2, 0.25) is 0 Å². The predicted molar refractivity (Wildman–Crippen MR) is 272 cm³/mol. The van der Waals surface area contributed by atoms with E-state index >= 15 is 0 Å². The summed E-state index contributed by atoms with van der Waals surface area (Å²) < 4.78 is 0. The molecule has 10 aromatic carbocycles. The van der Waals surface area contributed by atoms with E-state index in [0.29, 0.717) is 0 Å². The molecule has 0 heterocycles. The molecular weight excluding hydrogens is 783 g/mol. The van der Waals surface area contributed by atoms with Crippen LogP contribution in [0.5, 0.6) is 0 Å². The molecule has 12 rings (SSSR count). The lowest BCUT2D eigenvalue weighted by Gasteiger charge is -2.34. The molecule has 0 saturated heterocycles. The molecule has 2 aliphatic rings. The predicted octanol–water partition coefficient (Wildman–Crippen LogP) is 16.8. The second-order valence-corrected chi connectivity index (χ2v) is 18.1. The molecule has 0 N–H and O–H groups in total. The van der Waals surface area contributed by atoms with E-state index in [1.165, 1.54) is 89.0 Å². The van der Waals surface area contributed by atoms with Crippen LogP contribution in [0, 0.1) is 0 Å². The number of hydrogen-bond donors (Lipinski definition) is 0. The summed E-state index contributed by atoms with van der Waals surface area (Å²) >= 11 is 0. The molecule has 2 aliphatic carbocycles. The minimum absolute atomic E-state index is 0.0493. The number of nitrogens with zero attached hydrogens (tertiary/aromatic N) is 1. The fraction of sp³-hybridized carbons (Fsp3) is 0.0625. The van der Waals surface area contributed by atoms with Crippen LogP contribution in [0.4, 0.5) is 17.1 Å². The first-order chi connectivity index (χ1) is 32.0. The van der Waals surface area contributed by atoms with Gasteiger partial charge in [-0.3, -0.25) is 0 Å². The third kappa shape index (κ3) is 6.22. The first kappa shape index (κ1) is 38.7. The summed E-state index contributed by atoms with van der Waals surface area (Å²) in [6.07, 6.45) is 0. The van der Waals surface area contributed by atoms with Crippen LogP contribution in [0.15, 0.2) is 249 Å². The summed E-state index contributed by atoms with van der Waals surface area (Å²) in [5, 5.41) is 0. The zero-order chi connectivity index (χ0) is 43.5. The standard InChI is InChI=1S/C64H47N/c1-63(2)59-27-14-12-25-55(59)57-39-33-48(42-61(57)63)45-29-35-52(36-30-45)65(54-24-16-19-47(41-54)44-17-6-3-7-18-44)53-37-31-46(32-38-53)49-34-40-58-56-26-13-15-28-60(56)64(62(58)43-49,50-20-8-4-9-21-50)51-22-10-5-11-23-51/h3-43H,1-2H3. The first-order valence-corrected chi connectivity index (χ1v) is 22.7. The van der Waals surface area contributed by atoms with Gasteiger partial charge in [0.1, 0.15) is 0 Å². The van der Waals surface area contributed by atoms with Gasteiger partial charge in [-0.2, -0.15) is 0 Å². The highest BCUT2D eigenvalue weighted by Gasteiger charge is 2.46. The van der Waals surface area contributed by atoms with Crippen molar-refractivity contribution in [3.8, 4) is 55.6 Å². The molecule has 0 saturated carbocycles. The minimum Gasteiger partial charge on any atom is -0.310 e. The van der Waals surface area contributed by atoms with E-state index in [0.717, 1.165) is 17.1 Å². The van der Waals surface area contributed by atoms with Gasteiger partial charge in [-0.05, 0) is 138 Å². The Morgan fingerprint density at radius 2 is 0.662 bits per heavy atom. The zero-order valence-corrected chi connectivity index (χ0v) is 36.6. The minimum atomic E-state index is -0.446. The molecule has 308 valence electrons. The second-order valence-electron chi connectivity index (χ2n) is 18.1. The number of rotatable bonds is 8. The lowest BCUT2D eigenvalue weighted by atomic mass is 9.67. The Morgan fingerprint density at radius 3 is 1.25 bits per heavy atom. The van der Waals surface area contributed by atoms with E-state index in [-0.39, 0.29) is 5.41 Å². The van der Waals surface area contributed by atoms with Crippen LogP contribution < -0.4 is 4.90 Å². The van der Waals surface area contributed by atoms with Gasteiger partial charge in [-0.15, -0.1) is 0 Å². The van der Waals surface area contributed by atoms with Gasteiger partial charge in [-0.25, -0.2) is 0 Å². The summed E-state index contributed by atoms with van der Waals surface area (Å²) in [6.45, 7) is 4.70. The Labute approximate surface area is 382 Å². The molecule has 0 radical (unpaired) electrons. The average Bonchev–Trinajstić information content (AvgIpc) is 3.80. The number of benzene rings is 10. The van der Waals surface area contributed by atoms with Crippen LogP contribution in [-0.2, 0) is 10.8 Å². The normalized spacial score (nSPS) is 13.6. The summed E-state index contributed by atoms with van der Waals surface area (Å²) in [4.78, 5) is 2.39. The highest BCUT2D eigenvalue weighted by molar-refractivity contribution is 5.90. The van der Waals surface area contributed by atoms with E-state index in [1.807, 2.05) is 0 Å². The first-order valence-electron chi connectivity index (χ1n) is 22.7. The molecule has 0 amide bonds. The van der Waals surface area contributed by atoms with Gasteiger partial charge in [0, 0.05) is 22.5 Å². The van der Waals surface area contributed by atoms with Crippen molar-refractivity contribution in [1.82, 2.24) is 0 Å². The Balaban J connectivity index is 0.944. The van der Waals surface area contributed by atoms with Crippen molar-refractivity contribution in [2.24, 2.45) is 0 Å². The van der Waals surface area contributed by atoms with Crippen molar-refractivity contribution in [3.63, 3.8) is 0 Å². The Hall–Kier alpha value is -8.00. The fourth-order valence-corrected chi connectivity index (χ4v) is 11.0. The molecule has 0 spiro atoms. The van der Waals surface area contributed by atoms with Crippen LogP contribution in [0.2, 0.25) is 0 Å². The summed E-state index contributed by atoms with van der Waals surface area (Å²) in [5.41, 5.74) is 23.3. The van der Waals surface area contributed by atoms with E-state index < -0.39 is 5.41 Å². The number of fused-ring (bicyclic) bond motifs is 6. The summed E-state index contributed by atoms with van der Waals surface area (Å²) in [6, 6.07) is 91.8. The van der Waals surface area contributed by atoms with E-state index in [1.54, 1.807) is 0 Å². The summed E-state index contributed by atoms with van der Waals surface area (Å²) in [5.74, 6) is 0. The second kappa shape index (κ2) is 15.4. The van der Waals surface area contributed by atoms with Crippen molar-refractivity contribution in [3.05, 3.63) is 282 Å². The summed E-state index contributed by atoms with van der Waals surface area (Å²) in [7, 11) is 0. The monoisotopic (exact) mass is 829 g/mol. The van der Waals surface area contributed by atoms with Crippen molar-refractivity contribution in [2.75, 3.05) is 4.90 Å². The zero-order valence-electron chi connectivity index (χ0n) is 36.6. The molecular formula is C64H47N. The maximum atomic E-state index is 2.45. The van der Waals surface area contributed by atoms with Crippen molar-refractivity contribution in [1.29, 1.82) is 0 Å². The quantitative estimate of drug-likeness (QED) is 0.147. The Morgan fingerprint density at radius 1 is 0.262 bits per heavy atom. The van der Waals surface area contributed by atoms with Crippen LogP contribution >= 0.6 is 0 Å². The van der Waals surface area contributed by atoms with Crippen LogP contribution in [0.25, 0.3) is 55.6 Å². The lowest BCUT2D eigenvalue weighted by Crippen LogP contribution is -2.28. The van der Waals surface area contributed by atoms with Gasteiger partial charge < -0.3 is 4.90 Å². The van der Waals surface area contributed by atoms with Gasteiger partial charge in [0.25, 0.3) is 0 Å². The smallest absolute Gasteiger partial charge is 0.0713 e.